The molecule has 6 heavy (non-hydrogen) atoms. The van der Waals surface area contributed by atoms with E-state index in [-0.39, 0.29) is 0 Å². The molecule has 3 heteroatoms. The molecule has 0 unspecified atom stereocenters. The molecule has 1 heterocycles. The van der Waals surface area contributed by atoms with E-state index in [9.17, 15) is 0 Å². The van der Waals surface area contributed by atoms with Crippen molar-refractivity contribution >= 4 is 11.9 Å². The molecule has 1 radical (unpaired) electrons. The maximum Gasteiger partial charge on any atom is 0.309 e. The van der Waals surface area contributed by atoms with Gasteiger partial charge in [-0.3, -0.25) is 0 Å². The highest BCUT2D eigenvalue weighted by Crippen LogP contribution is 2.13. The Morgan fingerprint density at radius 1 is 2.00 bits per heavy atom. The summed E-state index contributed by atoms with van der Waals surface area (Å²) in [7, 11) is 0. The van der Waals surface area contributed by atoms with Gasteiger partial charge in [-0.15, -0.1) is 0 Å². The first-order valence-electron chi connectivity index (χ1n) is 1.63. The second-order valence-corrected chi connectivity index (χ2v) is 2.02. The van der Waals surface area contributed by atoms with Crippen molar-refractivity contribution in [2.45, 2.75) is 6.92 Å². The summed E-state index contributed by atoms with van der Waals surface area (Å²) in [5, 5.41) is 3.59. The minimum Gasteiger partial charge on any atom is -0.0254 e. The molecule has 0 amide bonds. The highest BCUT2D eigenvalue weighted by molar-refractivity contribution is 8.00. The maximum absolute atomic E-state index is 3.61. The summed E-state index contributed by atoms with van der Waals surface area (Å²) in [4.78, 5) is 1.16. The maximum atomic E-state index is 3.61. The molecule has 31 valence electrons. The van der Waals surface area contributed by atoms with E-state index in [2.05, 4.69) is 9.63 Å². The van der Waals surface area contributed by atoms with Crippen LogP contribution in [-0.2, 0) is 0 Å². The van der Waals surface area contributed by atoms with Crippen molar-refractivity contribution in [3.63, 3.8) is 0 Å². The minimum atomic E-state index is 1.16. The quantitative estimate of drug-likeness (QED) is 0.421. The largest absolute Gasteiger partial charge is 0.309 e. The van der Waals surface area contributed by atoms with Crippen LogP contribution in [-0.4, -0.2) is 0 Å². The van der Waals surface area contributed by atoms with Gasteiger partial charge in [-0.1, -0.05) is 0 Å². The molecule has 0 aromatic rings. The molecule has 0 aromatic heterocycles. The van der Waals surface area contributed by atoms with E-state index >= 15 is 0 Å². The van der Waals surface area contributed by atoms with Crippen molar-refractivity contribution in [1.82, 2.24) is 4.52 Å². The predicted octanol–water partition coefficient (Wildman–Crippen LogP) is 1.30. The smallest absolute Gasteiger partial charge is 0.0254 e. The number of hydrogen-bond acceptors (Lipinski definition) is 3. The number of rotatable bonds is 0. The molecule has 0 fully saturated rings. The highest BCUT2D eigenvalue weighted by Gasteiger charge is 2.08. The Morgan fingerprint density at radius 3 is 3.00 bits per heavy atom. The van der Waals surface area contributed by atoms with Crippen LogP contribution in [0.15, 0.2) is 16.2 Å². The zero-order valence-electron chi connectivity index (χ0n) is 3.38. The summed E-state index contributed by atoms with van der Waals surface area (Å²) in [6.45, 7) is 1.98. The van der Waals surface area contributed by atoms with E-state index < -0.39 is 0 Å². The van der Waals surface area contributed by atoms with Crippen molar-refractivity contribution < 1.29 is 0 Å². The van der Waals surface area contributed by atoms with Gasteiger partial charge in [0.2, 0.25) is 0 Å². The molecule has 1 aliphatic rings. The average Bonchev–Trinajstić information content (AvgIpc) is 1.86. The Hall–Kier alpha value is -0.310. The SMILES string of the molecule is CC1=CN=[N+]S1. The highest BCUT2D eigenvalue weighted by atomic mass is 32.2. The molecule has 0 saturated heterocycles. The molecule has 0 spiro atoms. The zero-order chi connectivity index (χ0) is 4.41. The summed E-state index contributed by atoms with van der Waals surface area (Å²) in [6, 6.07) is 0. The number of nitrogens with zero attached hydrogens (tertiary/aromatic N) is 2. The first-order valence-corrected chi connectivity index (χ1v) is 2.41. The van der Waals surface area contributed by atoms with Crippen molar-refractivity contribution in [2.24, 2.45) is 5.11 Å². The third-order valence-corrected chi connectivity index (χ3v) is 1.04. The topological polar surface area (TPSA) is 26.5 Å². The molecular formula is C3H4N2S+. The van der Waals surface area contributed by atoms with Gasteiger partial charge >= 0.3 is 11.9 Å². The van der Waals surface area contributed by atoms with Crippen LogP contribution in [0.3, 0.4) is 0 Å². The van der Waals surface area contributed by atoms with Crippen molar-refractivity contribution in [1.29, 1.82) is 0 Å². The van der Waals surface area contributed by atoms with Crippen LogP contribution >= 0.6 is 11.9 Å². The summed E-state index contributed by atoms with van der Waals surface area (Å²) >= 11 is 1.42. The third kappa shape index (κ3) is 0.597. The Bertz CT molecular complexity index is 105. The Morgan fingerprint density at radius 2 is 2.83 bits per heavy atom. The molecule has 1 aliphatic heterocycles. The van der Waals surface area contributed by atoms with E-state index in [1.54, 1.807) is 6.20 Å². The van der Waals surface area contributed by atoms with Gasteiger partial charge in [0.25, 0.3) is 4.52 Å². The van der Waals surface area contributed by atoms with Crippen LogP contribution in [0.1, 0.15) is 6.92 Å². The third-order valence-electron chi connectivity index (χ3n) is 0.471. The van der Waals surface area contributed by atoms with Crippen molar-refractivity contribution in [3.8, 4) is 0 Å². The fourth-order valence-corrected chi connectivity index (χ4v) is 0.534. The normalized spacial score (nSPS) is 18.5. The Labute approximate surface area is 40.5 Å². The minimum absolute atomic E-state index is 1.16. The summed E-state index contributed by atoms with van der Waals surface area (Å²) in [6.07, 6.45) is 1.74. The lowest BCUT2D eigenvalue weighted by Gasteiger charge is -1.60. The summed E-state index contributed by atoms with van der Waals surface area (Å²) in [5.74, 6) is 0. The van der Waals surface area contributed by atoms with Crippen molar-refractivity contribution in [2.75, 3.05) is 0 Å². The van der Waals surface area contributed by atoms with Crippen LogP contribution < -0.4 is 4.52 Å². The molecule has 0 N–H and O–H groups in total. The molecular weight excluding hydrogens is 96.1 g/mol. The molecule has 1 rings (SSSR count). The Balaban J connectivity index is 2.61. The monoisotopic (exact) mass is 100 g/mol. The van der Waals surface area contributed by atoms with E-state index in [4.69, 9.17) is 0 Å². The lowest BCUT2D eigenvalue weighted by molar-refractivity contribution is 1.26. The van der Waals surface area contributed by atoms with Gasteiger partial charge < -0.3 is 0 Å². The fraction of sp³-hybridized carbons (Fsp3) is 0.333. The van der Waals surface area contributed by atoms with Gasteiger partial charge in [-0.25, -0.2) is 0 Å². The molecule has 0 bridgehead atoms. The van der Waals surface area contributed by atoms with Crippen LogP contribution in [0.2, 0.25) is 0 Å². The predicted molar refractivity (Wildman–Crippen MR) is 25.9 cm³/mol. The summed E-state index contributed by atoms with van der Waals surface area (Å²) < 4.78 is 3.61. The fourth-order valence-electron chi connectivity index (χ4n) is 0.216. The van der Waals surface area contributed by atoms with E-state index in [0.717, 1.165) is 4.91 Å². The molecule has 0 saturated carbocycles. The molecule has 0 atom stereocenters. The summed E-state index contributed by atoms with van der Waals surface area (Å²) in [5.41, 5.74) is 0. The number of allylic oxidation sites excluding steroid dienone is 1. The van der Waals surface area contributed by atoms with Crippen LogP contribution in [0, 0.1) is 0 Å². The van der Waals surface area contributed by atoms with E-state index in [1.807, 2.05) is 6.92 Å². The molecule has 0 aliphatic carbocycles. The van der Waals surface area contributed by atoms with Gasteiger partial charge in [-0.2, -0.15) is 0 Å². The second-order valence-electron chi connectivity index (χ2n) is 1.03. The van der Waals surface area contributed by atoms with Gasteiger partial charge in [0, 0.05) is 0 Å². The first-order chi connectivity index (χ1) is 2.89. The standard InChI is InChI=1S/C3H4N2S/c1-3-2-4-5-6-3/h2H,1H3/q+1. The van der Waals surface area contributed by atoms with Gasteiger partial charge in [-0.05, 0) is 6.92 Å². The van der Waals surface area contributed by atoms with Gasteiger partial charge in [0.1, 0.15) is 6.20 Å². The van der Waals surface area contributed by atoms with E-state index in [1.165, 1.54) is 11.9 Å². The van der Waals surface area contributed by atoms with Crippen LogP contribution in [0.5, 0.6) is 0 Å². The van der Waals surface area contributed by atoms with Gasteiger partial charge in [0.05, 0.1) is 10.0 Å². The molecule has 2 nitrogen and oxygen atoms in total. The lowest BCUT2D eigenvalue weighted by Crippen LogP contribution is -1.55. The van der Waals surface area contributed by atoms with Crippen LogP contribution in [0.25, 0.3) is 0 Å². The van der Waals surface area contributed by atoms with Gasteiger partial charge in [0.15, 0.2) is 0 Å². The van der Waals surface area contributed by atoms with Crippen LogP contribution in [0.4, 0.5) is 0 Å². The first kappa shape index (κ1) is 3.87. The number of hydrogen-bond donors (Lipinski definition) is 0. The average molecular weight is 100 g/mol. The second kappa shape index (κ2) is 1.43. The van der Waals surface area contributed by atoms with E-state index in [0.29, 0.717) is 0 Å². The molecule has 0 aromatic carbocycles. The zero-order valence-corrected chi connectivity index (χ0v) is 4.20. The van der Waals surface area contributed by atoms with Crippen molar-refractivity contribution in [3.05, 3.63) is 11.1 Å². The Kier molecular flexibility index (Phi) is 0.919. The lowest BCUT2D eigenvalue weighted by atomic mass is 10.7.